The van der Waals surface area contributed by atoms with Crippen molar-refractivity contribution in [3.63, 3.8) is 0 Å². The summed E-state index contributed by atoms with van der Waals surface area (Å²) in [7, 11) is 0.283. The Morgan fingerprint density at radius 1 is 1.29 bits per heavy atom. The monoisotopic (exact) mass is 356 g/mol. The summed E-state index contributed by atoms with van der Waals surface area (Å²) < 4.78 is 63.4. The number of nitrogens with zero attached hydrogens (tertiary/aromatic N) is 1. The third-order valence-electron chi connectivity index (χ3n) is 4.56. The Kier molecular flexibility index (Phi) is 4.20. The summed E-state index contributed by atoms with van der Waals surface area (Å²) in [5.74, 6) is 0. The van der Waals surface area contributed by atoms with Crippen LogP contribution in [0.15, 0.2) is 29.3 Å². The molecule has 0 fully saturated rings. The smallest absolute Gasteiger partial charge is 0.377 e. The van der Waals surface area contributed by atoms with Gasteiger partial charge in [0.2, 0.25) is 0 Å². The van der Waals surface area contributed by atoms with Crippen molar-refractivity contribution in [3.8, 4) is 0 Å². The Balaban J connectivity index is 2.06. The molecule has 0 aromatic heterocycles. The SMILES string of the molecule is [B]c1ccc2c(c1)CN(S(=O)(=O)C(F)(F)F)CC(C1=C(C)CC1)N2. The van der Waals surface area contributed by atoms with E-state index in [1.54, 1.807) is 12.1 Å². The van der Waals surface area contributed by atoms with E-state index in [1.807, 2.05) is 6.92 Å². The summed E-state index contributed by atoms with van der Waals surface area (Å²) in [5, 5.41) is 3.19. The highest BCUT2D eigenvalue weighted by Gasteiger charge is 2.51. The summed E-state index contributed by atoms with van der Waals surface area (Å²) in [5.41, 5.74) is -1.84. The van der Waals surface area contributed by atoms with Crippen LogP contribution in [0.3, 0.4) is 0 Å². The van der Waals surface area contributed by atoms with E-state index < -0.39 is 21.6 Å². The molecular formula is C15H16BF3N2O2S. The fourth-order valence-corrected chi connectivity index (χ4v) is 4.04. The topological polar surface area (TPSA) is 49.4 Å². The van der Waals surface area contributed by atoms with Gasteiger partial charge >= 0.3 is 15.5 Å². The molecule has 1 heterocycles. The normalized spacial score (nSPS) is 22.4. The molecule has 1 atom stereocenters. The first kappa shape index (κ1) is 17.4. The number of halogens is 3. The number of hydrogen-bond acceptors (Lipinski definition) is 3. The molecule has 1 aromatic carbocycles. The quantitative estimate of drug-likeness (QED) is 0.652. The van der Waals surface area contributed by atoms with E-state index in [9.17, 15) is 21.6 Å². The maximum absolute atomic E-state index is 13.0. The number of rotatable bonds is 2. The Labute approximate surface area is 140 Å². The van der Waals surface area contributed by atoms with Crippen molar-refractivity contribution in [2.45, 2.75) is 37.9 Å². The molecule has 0 bridgehead atoms. The van der Waals surface area contributed by atoms with E-state index in [2.05, 4.69) is 5.32 Å². The van der Waals surface area contributed by atoms with Crippen LogP contribution in [-0.2, 0) is 16.6 Å². The number of nitrogens with one attached hydrogen (secondary N) is 1. The van der Waals surface area contributed by atoms with E-state index >= 15 is 0 Å². The number of allylic oxidation sites excluding steroid dienone is 1. The van der Waals surface area contributed by atoms with Gasteiger partial charge in [-0.15, -0.1) is 0 Å². The molecule has 0 spiro atoms. The molecule has 0 saturated carbocycles. The van der Waals surface area contributed by atoms with E-state index in [1.165, 1.54) is 6.07 Å². The maximum Gasteiger partial charge on any atom is 0.511 e. The molecule has 0 saturated heterocycles. The van der Waals surface area contributed by atoms with Gasteiger partial charge in [0.25, 0.3) is 0 Å². The van der Waals surface area contributed by atoms with Crippen molar-refractivity contribution in [1.82, 2.24) is 4.31 Å². The molecule has 1 N–H and O–H groups in total. The van der Waals surface area contributed by atoms with Gasteiger partial charge in [-0.1, -0.05) is 23.2 Å². The van der Waals surface area contributed by atoms with Crippen LogP contribution >= 0.6 is 0 Å². The second-order valence-corrected chi connectivity index (χ2v) is 8.09. The van der Waals surface area contributed by atoms with Gasteiger partial charge < -0.3 is 5.32 Å². The Bertz CT molecular complexity index is 805. The van der Waals surface area contributed by atoms with Crippen molar-refractivity contribution < 1.29 is 21.6 Å². The average Bonchev–Trinajstić information content (AvgIpc) is 2.63. The molecule has 128 valence electrons. The molecule has 24 heavy (non-hydrogen) atoms. The lowest BCUT2D eigenvalue weighted by atomic mass is 9.84. The number of benzene rings is 1. The molecule has 9 heteroatoms. The highest BCUT2D eigenvalue weighted by molar-refractivity contribution is 7.89. The summed E-state index contributed by atoms with van der Waals surface area (Å²) in [4.78, 5) is 0. The van der Waals surface area contributed by atoms with Gasteiger partial charge in [0.15, 0.2) is 0 Å². The van der Waals surface area contributed by atoms with Gasteiger partial charge in [0.1, 0.15) is 7.85 Å². The van der Waals surface area contributed by atoms with Gasteiger partial charge in [0, 0.05) is 18.8 Å². The highest BCUT2D eigenvalue weighted by atomic mass is 32.2. The molecule has 1 aliphatic heterocycles. The van der Waals surface area contributed by atoms with Gasteiger partial charge in [-0.2, -0.15) is 17.5 Å². The number of fused-ring (bicyclic) bond motifs is 1. The third kappa shape index (κ3) is 2.95. The summed E-state index contributed by atoms with van der Waals surface area (Å²) in [6.07, 6.45) is 1.64. The lowest BCUT2D eigenvalue weighted by Gasteiger charge is -2.32. The summed E-state index contributed by atoms with van der Waals surface area (Å²) in [6.45, 7) is 1.29. The Morgan fingerprint density at radius 3 is 2.54 bits per heavy atom. The fraction of sp³-hybridized carbons (Fsp3) is 0.467. The second-order valence-electron chi connectivity index (χ2n) is 6.16. The fourth-order valence-electron chi connectivity index (χ4n) is 3.09. The van der Waals surface area contributed by atoms with Crippen molar-refractivity contribution in [2.75, 3.05) is 11.9 Å². The van der Waals surface area contributed by atoms with Crippen LogP contribution < -0.4 is 10.8 Å². The predicted molar refractivity (Wildman–Crippen MR) is 86.6 cm³/mol. The van der Waals surface area contributed by atoms with E-state index in [4.69, 9.17) is 7.85 Å². The number of anilines is 1. The number of hydrogen-bond donors (Lipinski definition) is 1. The van der Waals surface area contributed by atoms with Crippen LogP contribution in [0.1, 0.15) is 25.3 Å². The van der Waals surface area contributed by atoms with Crippen molar-refractivity contribution >= 4 is 29.0 Å². The number of alkyl halides is 3. The highest BCUT2D eigenvalue weighted by Crippen LogP contribution is 2.36. The zero-order chi connectivity index (χ0) is 17.7. The van der Waals surface area contributed by atoms with Gasteiger partial charge in [-0.25, -0.2) is 8.42 Å². The lowest BCUT2D eigenvalue weighted by Crippen LogP contribution is -2.45. The van der Waals surface area contributed by atoms with Gasteiger partial charge in [-0.05, 0) is 37.0 Å². The zero-order valence-electron chi connectivity index (χ0n) is 13.0. The van der Waals surface area contributed by atoms with Gasteiger partial charge in [-0.3, -0.25) is 0 Å². The van der Waals surface area contributed by atoms with Crippen LogP contribution in [0.2, 0.25) is 0 Å². The summed E-state index contributed by atoms with van der Waals surface area (Å²) in [6, 6.07) is 4.35. The molecule has 2 radical (unpaired) electrons. The first-order valence-corrected chi connectivity index (χ1v) is 8.93. The van der Waals surface area contributed by atoms with Crippen LogP contribution in [-0.4, -0.2) is 38.7 Å². The Hall–Kier alpha value is -1.48. The van der Waals surface area contributed by atoms with Crippen LogP contribution in [0.4, 0.5) is 18.9 Å². The zero-order valence-corrected chi connectivity index (χ0v) is 13.8. The largest absolute Gasteiger partial charge is 0.511 e. The van der Waals surface area contributed by atoms with Gasteiger partial charge in [0.05, 0.1) is 6.04 Å². The van der Waals surface area contributed by atoms with Crippen molar-refractivity contribution in [1.29, 1.82) is 0 Å². The van der Waals surface area contributed by atoms with Crippen LogP contribution in [0.25, 0.3) is 0 Å². The van der Waals surface area contributed by atoms with Crippen molar-refractivity contribution in [2.24, 2.45) is 0 Å². The standard InChI is InChI=1S/C15H16BF3N2O2S/c1-9-2-4-12(9)14-8-21(24(22,23)15(17,18)19)7-10-6-11(16)3-5-13(10)20-14/h3,5-6,14,20H,2,4,7-8H2,1H3. The van der Waals surface area contributed by atoms with E-state index in [0.717, 1.165) is 24.0 Å². The molecule has 2 aliphatic rings. The molecular weight excluding hydrogens is 340 g/mol. The first-order chi connectivity index (χ1) is 11.1. The third-order valence-corrected chi connectivity index (χ3v) is 6.11. The molecule has 0 amide bonds. The van der Waals surface area contributed by atoms with Crippen LogP contribution in [0.5, 0.6) is 0 Å². The molecule has 4 nitrogen and oxygen atoms in total. The first-order valence-electron chi connectivity index (χ1n) is 7.49. The molecule has 3 rings (SSSR count). The minimum atomic E-state index is -5.42. The predicted octanol–water partition coefficient (Wildman–Crippen LogP) is 2.04. The summed E-state index contributed by atoms with van der Waals surface area (Å²) >= 11 is 0. The molecule has 1 aliphatic carbocycles. The Morgan fingerprint density at radius 2 is 2.00 bits per heavy atom. The second kappa shape index (κ2) is 5.80. The maximum atomic E-state index is 13.0. The van der Waals surface area contributed by atoms with E-state index in [-0.39, 0.29) is 13.1 Å². The number of sulfonamides is 1. The molecule has 1 unspecified atom stereocenters. The van der Waals surface area contributed by atoms with Crippen molar-refractivity contribution in [3.05, 3.63) is 34.9 Å². The molecule has 1 aromatic rings. The van der Waals surface area contributed by atoms with E-state index in [0.29, 0.717) is 21.0 Å². The van der Waals surface area contributed by atoms with Crippen LogP contribution in [0, 0.1) is 0 Å². The average molecular weight is 356 g/mol. The lowest BCUT2D eigenvalue weighted by molar-refractivity contribution is -0.0491. The minimum Gasteiger partial charge on any atom is -0.377 e. The minimum absolute atomic E-state index is 0.261.